The predicted molar refractivity (Wildman–Crippen MR) is 81.8 cm³/mol. The van der Waals surface area contributed by atoms with Crippen LogP contribution in [0.5, 0.6) is 0 Å². The first kappa shape index (κ1) is 16.4. The van der Waals surface area contributed by atoms with Gasteiger partial charge in [0.2, 0.25) is 5.91 Å². The van der Waals surface area contributed by atoms with E-state index < -0.39 is 23.7 Å². The topological polar surface area (TPSA) is 88.3 Å². The molecule has 1 N–H and O–H groups in total. The molecule has 1 amide bonds. The summed E-state index contributed by atoms with van der Waals surface area (Å²) in [6.45, 7) is 1.77. The molecule has 1 aromatic heterocycles. The van der Waals surface area contributed by atoms with Gasteiger partial charge >= 0.3 is 5.97 Å². The van der Waals surface area contributed by atoms with Gasteiger partial charge in [-0.25, -0.2) is 9.18 Å². The highest BCUT2D eigenvalue weighted by atomic mass is 35.5. The minimum atomic E-state index is -1.14. The normalized spacial score (nSPS) is 16.8. The first-order valence-electron chi connectivity index (χ1n) is 7.22. The second-order valence-corrected chi connectivity index (χ2v) is 5.93. The Labute approximate surface area is 141 Å². The molecule has 0 bridgehead atoms. The van der Waals surface area contributed by atoms with Crippen LogP contribution < -0.4 is 0 Å². The number of amides is 1. The highest BCUT2D eigenvalue weighted by molar-refractivity contribution is 6.31. The smallest absolute Gasteiger partial charge is 0.328 e. The first-order valence-corrected chi connectivity index (χ1v) is 7.60. The summed E-state index contributed by atoms with van der Waals surface area (Å²) in [5.74, 6) is -1.18. The molecule has 0 saturated heterocycles. The number of carbonyl (C=O) groups is 2. The van der Waals surface area contributed by atoms with Crippen LogP contribution in [0.25, 0.3) is 0 Å². The maximum absolute atomic E-state index is 13.9. The Balaban J connectivity index is 1.89. The van der Waals surface area contributed by atoms with E-state index in [1.54, 1.807) is 11.5 Å². The molecule has 0 fully saturated rings. The second kappa shape index (κ2) is 6.20. The number of nitrogens with zero attached hydrogens (tertiary/aromatic N) is 4. The number of aryl methyl sites for hydroxylation is 1. The predicted octanol–water partition coefficient (Wildman–Crippen LogP) is 1.42. The van der Waals surface area contributed by atoms with Gasteiger partial charge in [0.25, 0.3) is 0 Å². The van der Waals surface area contributed by atoms with Crippen molar-refractivity contribution in [3.8, 4) is 0 Å². The van der Waals surface area contributed by atoms with E-state index >= 15 is 0 Å². The molecule has 1 unspecified atom stereocenters. The third kappa shape index (κ3) is 2.84. The summed E-state index contributed by atoms with van der Waals surface area (Å²) in [4.78, 5) is 25.3. The standard InChI is InChI=1S/C15H14ClFN4O3/c1-8-18-19-13-7-21(12(15(23)24)6-20(8)13)14(22)5-9-10(16)3-2-4-11(9)17/h2-4,12H,5-7H2,1H3,(H,23,24). The van der Waals surface area contributed by atoms with Crippen LogP contribution >= 0.6 is 11.6 Å². The van der Waals surface area contributed by atoms with Gasteiger partial charge in [0.1, 0.15) is 17.7 Å². The number of fused-ring (bicyclic) bond motifs is 1. The molecule has 0 aliphatic carbocycles. The molecule has 7 nitrogen and oxygen atoms in total. The average molecular weight is 353 g/mol. The SMILES string of the molecule is Cc1nnc2n1CC(C(=O)O)N(C(=O)Cc1c(F)cccc1Cl)C2. The van der Waals surface area contributed by atoms with Crippen molar-refractivity contribution in [1.82, 2.24) is 19.7 Å². The van der Waals surface area contributed by atoms with E-state index in [4.69, 9.17) is 11.6 Å². The van der Waals surface area contributed by atoms with E-state index in [1.807, 2.05) is 0 Å². The van der Waals surface area contributed by atoms with Crippen LogP contribution in [-0.4, -0.2) is 42.7 Å². The van der Waals surface area contributed by atoms with Crippen LogP contribution in [0.15, 0.2) is 18.2 Å². The highest BCUT2D eigenvalue weighted by Crippen LogP contribution is 2.23. The molecular formula is C15H14ClFN4O3. The van der Waals surface area contributed by atoms with Crippen molar-refractivity contribution in [3.05, 3.63) is 46.3 Å². The van der Waals surface area contributed by atoms with Gasteiger partial charge in [-0.1, -0.05) is 17.7 Å². The number of halogens is 2. The van der Waals surface area contributed by atoms with Crippen molar-refractivity contribution in [2.45, 2.75) is 32.5 Å². The maximum atomic E-state index is 13.9. The summed E-state index contributed by atoms with van der Waals surface area (Å²) in [5.41, 5.74) is 0.0523. The number of benzene rings is 1. The lowest BCUT2D eigenvalue weighted by molar-refractivity contribution is -0.152. The highest BCUT2D eigenvalue weighted by Gasteiger charge is 2.36. The van der Waals surface area contributed by atoms with Crippen molar-refractivity contribution in [2.24, 2.45) is 0 Å². The molecular weight excluding hydrogens is 339 g/mol. The monoisotopic (exact) mass is 352 g/mol. The van der Waals surface area contributed by atoms with Crippen LogP contribution in [0, 0.1) is 12.7 Å². The van der Waals surface area contributed by atoms with Crippen molar-refractivity contribution >= 4 is 23.5 Å². The fourth-order valence-corrected chi connectivity index (χ4v) is 2.97. The van der Waals surface area contributed by atoms with Gasteiger partial charge in [-0.15, -0.1) is 10.2 Å². The number of carbonyl (C=O) groups excluding carboxylic acids is 1. The van der Waals surface area contributed by atoms with Crippen LogP contribution in [0.2, 0.25) is 5.02 Å². The molecule has 0 spiro atoms. The number of hydrogen-bond donors (Lipinski definition) is 1. The molecule has 24 heavy (non-hydrogen) atoms. The van der Waals surface area contributed by atoms with E-state index in [0.717, 1.165) is 0 Å². The molecule has 0 radical (unpaired) electrons. The lowest BCUT2D eigenvalue weighted by Gasteiger charge is -2.33. The number of aliphatic carboxylic acids is 1. The third-order valence-electron chi connectivity index (χ3n) is 4.05. The van der Waals surface area contributed by atoms with Gasteiger partial charge in [0.05, 0.1) is 19.5 Å². The minimum Gasteiger partial charge on any atom is -0.480 e. The number of carboxylic acids is 1. The van der Waals surface area contributed by atoms with E-state index in [0.29, 0.717) is 11.6 Å². The number of carboxylic acid groups (broad SMARTS) is 1. The quantitative estimate of drug-likeness (QED) is 0.902. The Morgan fingerprint density at radius 1 is 1.42 bits per heavy atom. The Hall–Kier alpha value is -2.48. The molecule has 1 aromatic carbocycles. The lowest BCUT2D eigenvalue weighted by Crippen LogP contribution is -2.51. The van der Waals surface area contributed by atoms with Crippen molar-refractivity contribution < 1.29 is 19.1 Å². The molecule has 126 valence electrons. The number of aromatic nitrogens is 3. The van der Waals surface area contributed by atoms with Crippen LogP contribution in [0.3, 0.4) is 0 Å². The van der Waals surface area contributed by atoms with Crippen LogP contribution in [0.1, 0.15) is 17.2 Å². The van der Waals surface area contributed by atoms with E-state index in [-0.39, 0.29) is 30.1 Å². The fourth-order valence-electron chi connectivity index (χ4n) is 2.74. The Morgan fingerprint density at radius 2 is 2.17 bits per heavy atom. The van der Waals surface area contributed by atoms with E-state index in [2.05, 4.69) is 10.2 Å². The zero-order valence-corrected chi connectivity index (χ0v) is 13.5. The summed E-state index contributed by atoms with van der Waals surface area (Å²) >= 11 is 5.94. The lowest BCUT2D eigenvalue weighted by atomic mass is 10.1. The average Bonchev–Trinajstić information content (AvgIpc) is 2.90. The second-order valence-electron chi connectivity index (χ2n) is 5.53. The van der Waals surface area contributed by atoms with Gasteiger partial charge in [-0.05, 0) is 19.1 Å². The largest absolute Gasteiger partial charge is 0.480 e. The molecule has 2 heterocycles. The molecule has 9 heteroatoms. The van der Waals surface area contributed by atoms with Gasteiger partial charge in [-0.2, -0.15) is 0 Å². The fraction of sp³-hybridized carbons (Fsp3) is 0.333. The van der Waals surface area contributed by atoms with Gasteiger partial charge in [0, 0.05) is 10.6 Å². The Kier molecular flexibility index (Phi) is 4.23. The molecule has 2 aromatic rings. The van der Waals surface area contributed by atoms with Gasteiger partial charge in [-0.3, -0.25) is 4.79 Å². The summed E-state index contributed by atoms with van der Waals surface area (Å²) in [6, 6.07) is 3.07. The van der Waals surface area contributed by atoms with Crippen LogP contribution in [0.4, 0.5) is 4.39 Å². The van der Waals surface area contributed by atoms with Crippen molar-refractivity contribution in [1.29, 1.82) is 0 Å². The summed E-state index contributed by atoms with van der Waals surface area (Å²) in [5, 5.41) is 17.4. The van der Waals surface area contributed by atoms with E-state index in [1.165, 1.54) is 23.1 Å². The Morgan fingerprint density at radius 3 is 2.83 bits per heavy atom. The summed E-state index contributed by atoms with van der Waals surface area (Å²) in [7, 11) is 0. The van der Waals surface area contributed by atoms with Gasteiger partial charge < -0.3 is 14.6 Å². The first-order chi connectivity index (χ1) is 11.4. The van der Waals surface area contributed by atoms with Crippen molar-refractivity contribution in [3.63, 3.8) is 0 Å². The zero-order chi connectivity index (χ0) is 17.4. The Bertz CT molecular complexity index is 803. The molecule has 1 aliphatic rings. The zero-order valence-electron chi connectivity index (χ0n) is 12.7. The maximum Gasteiger partial charge on any atom is 0.328 e. The molecule has 0 saturated carbocycles. The molecule has 3 rings (SSSR count). The minimum absolute atomic E-state index is 0.00269. The summed E-state index contributed by atoms with van der Waals surface area (Å²) < 4.78 is 15.5. The molecule has 1 aliphatic heterocycles. The number of hydrogen-bond acceptors (Lipinski definition) is 4. The number of rotatable bonds is 3. The van der Waals surface area contributed by atoms with E-state index in [9.17, 15) is 19.1 Å². The molecule has 1 atom stereocenters. The third-order valence-corrected chi connectivity index (χ3v) is 4.41. The van der Waals surface area contributed by atoms with Gasteiger partial charge in [0.15, 0.2) is 5.82 Å². The summed E-state index contributed by atoms with van der Waals surface area (Å²) in [6.07, 6.45) is -0.317. The van der Waals surface area contributed by atoms with Crippen LogP contribution in [-0.2, 0) is 29.1 Å². The van der Waals surface area contributed by atoms with Crippen molar-refractivity contribution in [2.75, 3.05) is 0 Å².